The van der Waals surface area contributed by atoms with E-state index in [1.807, 2.05) is 12.1 Å². The molecule has 0 aliphatic heterocycles. The Hall–Kier alpha value is -1.02. The molecule has 1 aliphatic rings. The van der Waals surface area contributed by atoms with Gasteiger partial charge in [-0.1, -0.05) is 39.8 Å². The summed E-state index contributed by atoms with van der Waals surface area (Å²) in [6, 6.07) is 8.38. The molecule has 118 valence electrons. The van der Waals surface area contributed by atoms with Crippen molar-refractivity contribution >= 4 is 0 Å². The third-order valence-corrected chi connectivity index (χ3v) is 4.69. The van der Waals surface area contributed by atoms with Crippen molar-refractivity contribution in [2.75, 3.05) is 7.11 Å². The summed E-state index contributed by atoms with van der Waals surface area (Å²) in [6.07, 6.45) is 5.62. The van der Waals surface area contributed by atoms with Crippen LogP contribution < -0.4 is 10.5 Å². The Morgan fingerprint density at radius 2 is 1.48 bits per heavy atom. The Kier molecular flexibility index (Phi) is 4.39. The summed E-state index contributed by atoms with van der Waals surface area (Å²) in [5.41, 5.74) is 8.79. The molecule has 0 saturated heterocycles. The van der Waals surface area contributed by atoms with Crippen LogP contribution in [0, 0.1) is 10.8 Å². The minimum absolute atomic E-state index is 0.0365. The van der Waals surface area contributed by atoms with Gasteiger partial charge in [-0.15, -0.1) is 0 Å². The van der Waals surface area contributed by atoms with Crippen molar-refractivity contribution in [1.29, 1.82) is 0 Å². The van der Waals surface area contributed by atoms with E-state index in [1.165, 1.54) is 12.0 Å². The van der Waals surface area contributed by atoms with Crippen LogP contribution in [0.3, 0.4) is 0 Å². The third kappa shape index (κ3) is 4.47. The van der Waals surface area contributed by atoms with Crippen LogP contribution in [0.15, 0.2) is 24.3 Å². The molecule has 1 saturated carbocycles. The van der Waals surface area contributed by atoms with E-state index in [1.54, 1.807) is 7.11 Å². The Labute approximate surface area is 130 Å². The first-order valence-corrected chi connectivity index (χ1v) is 8.05. The van der Waals surface area contributed by atoms with Gasteiger partial charge in [0.25, 0.3) is 0 Å². The molecule has 0 aromatic heterocycles. The molecule has 2 rings (SSSR count). The molecule has 0 atom stereocenters. The quantitative estimate of drug-likeness (QED) is 0.881. The van der Waals surface area contributed by atoms with E-state index in [2.05, 4.69) is 39.8 Å². The van der Waals surface area contributed by atoms with Crippen molar-refractivity contribution in [2.45, 2.75) is 65.3 Å². The summed E-state index contributed by atoms with van der Waals surface area (Å²) in [4.78, 5) is 0. The Balaban J connectivity index is 2.03. The first kappa shape index (κ1) is 16.4. The van der Waals surface area contributed by atoms with Crippen molar-refractivity contribution < 1.29 is 4.74 Å². The molecule has 1 aromatic rings. The fraction of sp³-hybridized carbons (Fsp3) is 0.684. The first-order chi connectivity index (χ1) is 9.63. The predicted molar refractivity (Wildman–Crippen MR) is 89.6 cm³/mol. The van der Waals surface area contributed by atoms with Gasteiger partial charge < -0.3 is 10.5 Å². The average Bonchev–Trinajstić information content (AvgIpc) is 2.33. The standard InChI is InChI=1S/C19H31NO/c1-17(2)12-18(3,4)14-19(20,13-17)11-10-15-6-8-16(21-5)9-7-15/h6-9H,10-14,20H2,1-5H3. The van der Waals surface area contributed by atoms with Gasteiger partial charge in [-0.2, -0.15) is 0 Å². The highest BCUT2D eigenvalue weighted by Crippen LogP contribution is 2.50. The van der Waals surface area contributed by atoms with E-state index in [-0.39, 0.29) is 5.54 Å². The monoisotopic (exact) mass is 289 g/mol. The number of benzene rings is 1. The summed E-state index contributed by atoms with van der Waals surface area (Å²) >= 11 is 0. The number of hydrogen-bond donors (Lipinski definition) is 1. The number of aryl methyl sites for hydroxylation is 1. The van der Waals surface area contributed by atoms with Crippen molar-refractivity contribution in [3.8, 4) is 5.75 Å². The average molecular weight is 289 g/mol. The molecule has 0 spiro atoms. The van der Waals surface area contributed by atoms with Crippen LogP contribution in [0.1, 0.15) is 58.9 Å². The maximum Gasteiger partial charge on any atom is 0.118 e. The van der Waals surface area contributed by atoms with E-state index in [4.69, 9.17) is 10.5 Å². The van der Waals surface area contributed by atoms with Crippen molar-refractivity contribution in [1.82, 2.24) is 0 Å². The van der Waals surface area contributed by atoms with Gasteiger partial charge in [-0.05, 0) is 60.6 Å². The highest BCUT2D eigenvalue weighted by atomic mass is 16.5. The molecule has 0 heterocycles. The van der Waals surface area contributed by atoms with Gasteiger partial charge in [0.15, 0.2) is 0 Å². The van der Waals surface area contributed by atoms with Crippen LogP contribution in [-0.4, -0.2) is 12.6 Å². The first-order valence-electron chi connectivity index (χ1n) is 8.05. The van der Waals surface area contributed by atoms with E-state index < -0.39 is 0 Å². The maximum absolute atomic E-state index is 6.79. The number of methoxy groups -OCH3 is 1. The summed E-state index contributed by atoms with van der Waals surface area (Å²) in [6.45, 7) is 9.46. The molecule has 1 fully saturated rings. The Morgan fingerprint density at radius 1 is 0.952 bits per heavy atom. The van der Waals surface area contributed by atoms with Crippen LogP contribution in [0.2, 0.25) is 0 Å². The largest absolute Gasteiger partial charge is 0.497 e. The SMILES string of the molecule is COc1ccc(CCC2(N)CC(C)(C)CC(C)(C)C2)cc1. The van der Waals surface area contributed by atoms with Gasteiger partial charge in [0, 0.05) is 5.54 Å². The van der Waals surface area contributed by atoms with Crippen LogP contribution in [-0.2, 0) is 6.42 Å². The van der Waals surface area contributed by atoms with Gasteiger partial charge in [-0.25, -0.2) is 0 Å². The van der Waals surface area contributed by atoms with Gasteiger partial charge in [-0.3, -0.25) is 0 Å². The van der Waals surface area contributed by atoms with Gasteiger partial charge in [0.05, 0.1) is 7.11 Å². The third-order valence-electron chi connectivity index (χ3n) is 4.69. The van der Waals surface area contributed by atoms with Crippen LogP contribution in [0.25, 0.3) is 0 Å². The summed E-state index contributed by atoms with van der Waals surface area (Å²) in [5.74, 6) is 0.918. The zero-order valence-electron chi connectivity index (χ0n) is 14.3. The summed E-state index contributed by atoms with van der Waals surface area (Å²) in [5, 5.41) is 0. The molecule has 1 aliphatic carbocycles. The normalized spacial score (nSPS) is 22.8. The second-order valence-electron chi connectivity index (χ2n) is 8.57. The van der Waals surface area contributed by atoms with Gasteiger partial charge in [0.1, 0.15) is 5.75 Å². The van der Waals surface area contributed by atoms with Crippen molar-refractivity contribution in [2.24, 2.45) is 16.6 Å². The Morgan fingerprint density at radius 3 is 1.95 bits per heavy atom. The molecule has 0 radical (unpaired) electrons. The molecular formula is C19H31NO. The second kappa shape index (κ2) is 5.64. The molecule has 21 heavy (non-hydrogen) atoms. The van der Waals surface area contributed by atoms with E-state index in [0.29, 0.717) is 10.8 Å². The highest BCUT2D eigenvalue weighted by molar-refractivity contribution is 5.27. The Bertz CT molecular complexity index is 457. The smallest absolute Gasteiger partial charge is 0.118 e. The zero-order valence-corrected chi connectivity index (χ0v) is 14.3. The molecule has 0 unspecified atom stereocenters. The molecule has 0 bridgehead atoms. The summed E-state index contributed by atoms with van der Waals surface area (Å²) < 4.78 is 5.21. The van der Waals surface area contributed by atoms with Crippen molar-refractivity contribution in [3.63, 3.8) is 0 Å². The molecule has 2 heteroatoms. The van der Waals surface area contributed by atoms with Crippen molar-refractivity contribution in [3.05, 3.63) is 29.8 Å². The minimum Gasteiger partial charge on any atom is -0.497 e. The van der Waals surface area contributed by atoms with E-state index in [9.17, 15) is 0 Å². The molecule has 2 N–H and O–H groups in total. The number of hydrogen-bond acceptors (Lipinski definition) is 2. The lowest BCUT2D eigenvalue weighted by molar-refractivity contribution is 0.0445. The predicted octanol–water partition coefficient (Wildman–Crippen LogP) is 4.56. The molecule has 2 nitrogen and oxygen atoms in total. The topological polar surface area (TPSA) is 35.2 Å². The lowest BCUT2D eigenvalue weighted by atomic mass is 9.57. The van der Waals surface area contributed by atoms with Crippen LogP contribution >= 0.6 is 0 Å². The fourth-order valence-corrected chi connectivity index (χ4v) is 4.75. The van der Waals surface area contributed by atoms with E-state index in [0.717, 1.165) is 31.4 Å². The lowest BCUT2D eigenvalue weighted by Gasteiger charge is -2.50. The second-order valence-corrected chi connectivity index (χ2v) is 8.57. The minimum atomic E-state index is -0.0365. The molecular weight excluding hydrogens is 258 g/mol. The number of rotatable bonds is 4. The lowest BCUT2D eigenvalue weighted by Crippen LogP contribution is -2.52. The number of nitrogens with two attached hydrogens (primary N) is 1. The molecule has 0 amide bonds. The highest BCUT2D eigenvalue weighted by Gasteiger charge is 2.44. The maximum atomic E-state index is 6.79. The van der Waals surface area contributed by atoms with Crippen LogP contribution in [0.4, 0.5) is 0 Å². The van der Waals surface area contributed by atoms with Gasteiger partial charge >= 0.3 is 0 Å². The van der Waals surface area contributed by atoms with Crippen LogP contribution in [0.5, 0.6) is 5.75 Å². The zero-order chi connectivity index (χ0) is 15.7. The van der Waals surface area contributed by atoms with Gasteiger partial charge in [0.2, 0.25) is 0 Å². The summed E-state index contributed by atoms with van der Waals surface area (Å²) in [7, 11) is 1.70. The number of ether oxygens (including phenoxy) is 1. The van der Waals surface area contributed by atoms with E-state index >= 15 is 0 Å². The molecule has 1 aromatic carbocycles. The fourth-order valence-electron chi connectivity index (χ4n) is 4.75.